The molecule has 1 saturated carbocycles. The second-order valence-electron chi connectivity index (χ2n) is 11.5. The molecule has 240 valence electrons. The minimum absolute atomic E-state index is 0.0317. The van der Waals surface area contributed by atoms with Crippen molar-refractivity contribution in [1.82, 2.24) is 15.3 Å². The highest BCUT2D eigenvalue weighted by atomic mass is 19.4. The average molecular weight is 641 g/mol. The molecule has 0 radical (unpaired) electrons. The number of rotatable bonds is 9. The number of hydrogen-bond donors (Lipinski definition) is 3. The van der Waals surface area contributed by atoms with Crippen molar-refractivity contribution in [2.75, 3.05) is 13.2 Å². The molecule has 2 atom stereocenters. The number of carbonyl (C=O) groups excluding carboxylic acids is 2. The van der Waals surface area contributed by atoms with Crippen LogP contribution < -0.4 is 20.5 Å². The van der Waals surface area contributed by atoms with Gasteiger partial charge in [0.05, 0.1) is 18.3 Å². The van der Waals surface area contributed by atoms with Crippen LogP contribution in [0.5, 0.6) is 11.5 Å². The van der Waals surface area contributed by atoms with Gasteiger partial charge in [-0.15, -0.1) is 0 Å². The monoisotopic (exact) mass is 640 g/mol. The molecule has 46 heavy (non-hydrogen) atoms. The third-order valence-corrected chi connectivity index (χ3v) is 8.09. The first kappa shape index (κ1) is 31.0. The normalized spacial score (nSPS) is 18.8. The number of aliphatic hydroxyl groups is 1. The molecule has 1 aliphatic heterocycles. The lowest BCUT2D eigenvalue weighted by molar-refractivity contribution is -0.265. The quantitative estimate of drug-likeness (QED) is 0.223. The number of hydrogen-bond acceptors (Lipinski definition) is 8. The number of alkyl halides is 3. The predicted molar refractivity (Wildman–Crippen MR) is 154 cm³/mol. The van der Waals surface area contributed by atoms with Crippen molar-refractivity contribution in [2.45, 2.75) is 50.0 Å². The van der Waals surface area contributed by atoms with Crippen LogP contribution in [-0.2, 0) is 15.8 Å². The molecule has 1 fully saturated rings. The summed E-state index contributed by atoms with van der Waals surface area (Å²) in [4.78, 5) is 34.1. The third kappa shape index (κ3) is 5.53. The van der Waals surface area contributed by atoms with E-state index < -0.39 is 47.1 Å². The number of amides is 2. The first-order valence-corrected chi connectivity index (χ1v) is 14.2. The Labute approximate surface area is 259 Å². The fraction of sp³-hybridized carbons (Fsp3) is 0.312. The van der Waals surface area contributed by atoms with Gasteiger partial charge in [0.2, 0.25) is 11.5 Å². The van der Waals surface area contributed by atoms with E-state index >= 15 is 0 Å². The molecule has 0 bridgehead atoms. The zero-order valence-electron chi connectivity index (χ0n) is 24.6. The van der Waals surface area contributed by atoms with Gasteiger partial charge in [0.1, 0.15) is 47.0 Å². The summed E-state index contributed by atoms with van der Waals surface area (Å²) in [5.41, 5.74) is 0.271. The number of oxazole rings is 1. The topological polar surface area (TPSA) is 150 Å². The first-order chi connectivity index (χ1) is 21.7. The van der Waals surface area contributed by atoms with Crippen molar-refractivity contribution in [1.29, 1.82) is 0 Å². The number of pyridine rings is 1. The Morgan fingerprint density at radius 2 is 1.85 bits per heavy atom. The summed E-state index contributed by atoms with van der Waals surface area (Å²) in [6, 6.07) is 9.90. The molecular weight excluding hydrogens is 612 g/mol. The van der Waals surface area contributed by atoms with Crippen LogP contribution in [0.1, 0.15) is 47.3 Å². The van der Waals surface area contributed by atoms with Gasteiger partial charge in [-0.25, -0.2) is 14.4 Å². The van der Waals surface area contributed by atoms with Crippen LogP contribution >= 0.6 is 0 Å². The molecule has 2 aromatic carbocycles. The number of aromatic nitrogens is 2. The molecule has 14 heteroatoms. The zero-order valence-corrected chi connectivity index (χ0v) is 24.6. The van der Waals surface area contributed by atoms with Crippen molar-refractivity contribution < 1.29 is 46.1 Å². The lowest BCUT2D eigenvalue weighted by Gasteiger charge is -2.31. The maximum Gasteiger partial charge on any atom is 0.424 e. The fourth-order valence-electron chi connectivity index (χ4n) is 5.07. The molecule has 2 aromatic heterocycles. The number of benzene rings is 2. The van der Waals surface area contributed by atoms with Crippen LogP contribution in [0.15, 0.2) is 59.2 Å². The van der Waals surface area contributed by atoms with Gasteiger partial charge in [0, 0.05) is 29.2 Å². The molecule has 1 aliphatic carbocycles. The van der Waals surface area contributed by atoms with Gasteiger partial charge in [-0.2, -0.15) is 13.2 Å². The van der Waals surface area contributed by atoms with E-state index in [0.29, 0.717) is 22.9 Å². The Kier molecular flexibility index (Phi) is 7.50. The summed E-state index contributed by atoms with van der Waals surface area (Å²) >= 11 is 0. The van der Waals surface area contributed by atoms with Gasteiger partial charge < -0.3 is 30.0 Å². The molecule has 4 aromatic rings. The van der Waals surface area contributed by atoms with Crippen LogP contribution in [0.25, 0.3) is 22.5 Å². The molecule has 6 rings (SSSR count). The van der Waals surface area contributed by atoms with Crippen molar-refractivity contribution in [3.63, 3.8) is 0 Å². The maximum atomic E-state index is 14.7. The van der Waals surface area contributed by atoms with Crippen molar-refractivity contribution in [3.05, 3.63) is 83.3 Å². The van der Waals surface area contributed by atoms with Gasteiger partial charge in [-0.05, 0) is 68.3 Å². The van der Waals surface area contributed by atoms with Crippen LogP contribution in [0.4, 0.5) is 17.6 Å². The Morgan fingerprint density at radius 1 is 1.13 bits per heavy atom. The summed E-state index contributed by atoms with van der Waals surface area (Å²) < 4.78 is 74.8. The molecule has 1 unspecified atom stereocenters. The number of primary amides is 1. The number of nitrogens with zero attached hydrogens (tertiary/aromatic N) is 2. The number of nitrogens with one attached hydrogen (secondary N) is 1. The van der Waals surface area contributed by atoms with Crippen molar-refractivity contribution in [3.8, 4) is 34.0 Å². The Morgan fingerprint density at radius 3 is 2.46 bits per heavy atom. The summed E-state index contributed by atoms with van der Waals surface area (Å²) in [7, 11) is 0. The van der Waals surface area contributed by atoms with Gasteiger partial charge in [0.25, 0.3) is 5.91 Å². The zero-order chi connectivity index (χ0) is 33.0. The molecular formula is C32H28F4N4O6. The summed E-state index contributed by atoms with van der Waals surface area (Å²) in [5, 5.41) is 13.5. The smallest absolute Gasteiger partial charge is 0.424 e. The fourth-order valence-corrected chi connectivity index (χ4v) is 5.07. The lowest BCUT2D eigenvalue weighted by Crippen LogP contribution is -2.51. The summed E-state index contributed by atoms with van der Waals surface area (Å²) in [5.74, 6) is -1.75. The maximum absolute atomic E-state index is 14.7. The van der Waals surface area contributed by atoms with E-state index in [1.54, 1.807) is 13.0 Å². The number of nitrogens with two attached hydrogens (primary N) is 1. The third-order valence-electron chi connectivity index (χ3n) is 8.09. The second-order valence-corrected chi connectivity index (χ2v) is 11.5. The average Bonchev–Trinajstić information content (AvgIpc) is 3.62. The van der Waals surface area contributed by atoms with Gasteiger partial charge in [-0.1, -0.05) is 0 Å². The van der Waals surface area contributed by atoms with E-state index in [0.717, 1.165) is 31.0 Å². The van der Waals surface area contributed by atoms with Crippen molar-refractivity contribution >= 4 is 11.8 Å². The highest BCUT2D eigenvalue weighted by Crippen LogP contribution is 2.48. The van der Waals surface area contributed by atoms with Crippen LogP contribution in [-0.4, -0.2) is 52.3 Å². The predicted octanol–water partition coefficient (Wildman–Crippen LogP) is 4.71. The number of aryl methyl sites for hydroxylation is 1. The standard InChI is InChI=1S/C32H28F4N4O6/c1-16-39-23(13-44-16)21-10-5-18(11-24(21)46-20-8-9-20)28(41)38-14-31(43,32(34,35)36)25-12-22-27(45-15-30(22,2)29(37)42)26(40-25)17-3-6-19(33)7-4-17/h3-7,10-13,20,43H,8-9,14-15H2,1-2H3,(H2,37,42)(H,38,41)/t30-,31?/m0/s1. The first-order valence-electron chi connectivity index (χ1n) is 14.2. The van der Waals surface area contributed by atoms with E-state index in [9.17, 15) is 32.3 Å². The molecule has 0 spiro atoms. The van der Waals surface area contributed by atoms with E-state index in [2.05, 4.69) is 15.3 Å². The van der Waals surface area contributed by atoms with E-state index in [-0.39, 0.29) is 40.8 Å². The van der Waals surface area contributed by atoms with Crippen LogP contribution in [0.2, 0.25) is 0 Å². The molecule has 0 saturated heterocycles. The summed E-state index contributed by atoms with van der Waals surface area (Å²) in [6.45, 7) is 1.40. The van der Waals surface area contributed by atoms with Gasteiger partial charge in [-0.3, -0.25) is 9.59 Å². The van der Waals surface area contributed by atoms with Gasteiger partial charge >= 0.3 is 6.18 Å². The Balaban J connectivity index is 1.37. The number of ether oxygens (including phenoxy) is 2. The largest absolute Gasteiger partial charge is 0.490 e. The minimum atomic E-state index is -5.36. The molecule has 10 nitrogen and oxygen atoms in total. The number of carbonyl (C=O) groups is 2. The Bertz CT molecular complexity index is 1840. The summed E-state index contributed by atoms with van der Waals surface area (Å²) in [6.07, 6.45) is -2.40. The second kappa shape index (κ2) is 11.1. The highest BCUT2D eigenvalue weighted by molar-refractivity contribution is 5.95. The minimum Gasteiger partial charge on any atom is -0.490 e. The molecule has 2 amide bonds. The van der Waals surface area contributed by atoms with Crippen LogP contribution in [0, 0.1) is 12.7 Å². The number of halogens is 4. The molecule has 3 heterocycles. The van der Waals surface area contributed by atoms with E-state index in [1.807, 2.05) is 0 Å². The molecule has 2 aliphatic rings. The lowest BCUT2D eigenvalue weighted by atomic mass is 9.81. The van der Waals surface area contributed by atoms with E-state index in [1.165, 1.54) is 37.5 Å². The van der Waals surface area contributed by atoms with Crippen molar-refractivity contribution in [2.24, 2.45) is 5.73 Å². The molecule has 4 N–H and O–H groups in total. The van der Waals surface area contributed by atoms with Crippen LogP contribution in [0.3, 0.4) is 0 Å². The van der Waals surface area contributed by atoms with Gasteiger partial charge in [0.15, 0.2) is 5.89 Å². The Hall–Kier alpha value is -4.98. The van der Waals surface area contributed by atoms with E-state index in [4.69, 9.17) is 19.6 Å². The highest BCUT2D eigenvalue weighted by Gasteiger charge is 2.57. The number of fused-ring (bicyclic) bond motifs is 1. The SMILES string of the molecule is Cc1nc(-c2ccc(C(=O)NCC(O)(c3cc4c(c(-c5ccc(F)cc5)n3)OC[C@]4(C)C(N)=O)C(F)(F)F)cc2OC2CC2)co1.